The number of hydrogen-bond donors (Lipinski definition) is 2. The van der Waals surface area contributed by atoms with Crippen molar-refractivity contribution in [1.29, 1.82) is 0 Å². The summed E-state index contributed by atoms with van der Waals surface area (Å²) in [6, 6.07) is 9.59. The summed E-state index contributed by atoms with van der Waals surface area (Å²) in [5.74, 6) is 0. The third kappa shape index (κ3) is 3.95. The second-order valence-electron chi connectivity index (χ2n) is 5.68. The highest BCUT2D eigenvalue weighted by Gasteiger charge is 2.39. The lowest BCUT2D eigenvalue weighted by atomic mass is 9.85. The number of nitrogens with two attached hydrogens (primary N) is 1. The maximum absolute atomic E-state index is 12.2. The summed E-state index contributed by atoms with van der Waals surface area (Å²) in [5.41, 5.74) is 5.74. The number of ether oxygens (including phenoxy) is 1. The van der Waals surface area contributed by atoms with Gasteiger partial charge in [0.1, 0.15) is 6.61 Å². The minimum absolute atomic E-state index is 0.0180. The highest BCUT2D eigenvalue weighted by atomic mass is 16.6. The molecular weight excluding hydrogens is 268 g/mol. The first kappa shape index (κ1) is 15.8. The first-order valence-corrected chi connectivity index (χ1v) is 7.48. The molecule has 2 atom stereocenters. The summed E-state index contributed by atoms with van der Waals surface area (Å²) in [6.45, 7) is 2.99. The number of carbonyl (C=O) groups excluding carboxylic acids is 1. The zero-order valence-electron chi connectivity index (χ0n) is 12.5. The van der Waals surface area contributed by atoms with Crippen LogP contribution in [-0.4, -0.2) is 40.8 Å². The molecule has 3 N–H and O–H groups in total. The standard InChI is InChI=1S/C16H24N2O3/c1-2-14-10-16(20,12-17)8-9-18(14)15(19)21-11-13-6-4-3-5-7-13/h3-7,14,20H,2,8-12,17H2,1H3. The first-order valence-electron chi connectivity index (χ1n) is 7.48. The van der Waals surface area contributed by atoms with Gasteiger partial charge in [0, 0.05) is 19.1 Å². The van der Waals surface area contributed by atoms with E-state index in [2.05, 4.69) is 0 Å². The van der Waals surface area contributed by atoms with Crippen molar-refractivity contribution in [2.75, 3.05) is 13.1 Å². The van der Waals surface area contributed by atoms with E-state index in [0.717, 1.165) is 12.0 Å². The van der Waals surface area contributed by atoms with Crippen LogP contribution in [0.15, 0.2) is 30.3 Å². The number of hydrogen-bond acceptors (Lipinski definition) is 4. The van der Waals surface area contributed by atoms with E-state index in [-0.39, 0.29) is 25.3 Å². The normalized spacial score (nSPS) is 25.7. The fourth-order valence-electron chi connectivity index (χ4n) is 2.75. The van der Waals surface area contributed by atoms with Crippen molar-refractivity contribution in [1.82, 2.24) is 4.90 Å². The van der Waals surface area contributed by atoms with Crippen molar-refractivity contribution < 1.29 is 14.6 Å². The van der Waals surface area contributed by atoms with Gasteiger partial charge in [-0.25, -0.2) is 4.79 Å². The van der Waals surface area contributed by atoms with E-state index in [9.17, 15) is 9.90 Å². The third-order valence-electron chi connectivity index (χ3n) is 4.17. The van der Waals surface area contributed by atoms with Crippen LogP contribution in [0.4, 0.5) is 4.79 Å². The zero-order valence-corrected chi connectivity index (χ0v) is 12.5. The molecule has 1 aliphatic heterocycles. The molecule has 1 heterocycles. The van der Waals surface area contributed by atoms with Gasteiger partial charge in [-0.15, -0.1) is 0 Å². The molecule has 0 bridgehead atoms. The Kier molecular flexibility index (Phi) is 5.20. The first-order chi connectivity index (χ1) is 10.1. The summed E-state index contributed by atoms with van der Waals surface area (Å²) in [7, 11) is 0. The highest BCUT2D eigenvalue weighted by molar-refractivity contribution is 5.68. The maximum Gasteiger partial charge on any atom is 0.410 e. The molecule has 2 rings (SSSR count). The monoisotopic (exact) mass is 292 g/mol. The van der Waals surface area contributed by atoms with E-state index < -0.39 is 5.60 Å². The van der Waals surface area contributed by atoms with Crippen molar-refractivity contribution in [2.24, 2.45) is 5.73 Å². The van der Waals surface area contributed by atoms with Gasteiger partial charge in [0.25, 0.3) is 0 Å². The summed E-state index contributed by atoms with van der Waals surface area (Å²) in [6.07, 6.45) is 1.48. The van der Waals surface area contributed by atoms with Crippen LogP contribution in [0.2, 0.25) is 0 Å². The van der Waals surface area contributed by atoms with Gasteiger partial charge in [0.15, 0.2) is 0 Å². The predicted octanol–water partition coefficient (Wildman–Crippen LogP) is 1.89. The molecule has 5 heteroatoms. The number of rotatable bonds is 4. The molecule has 0 aliphatic carbocycles. The Labute approximate surface area is 125 Å². The minimum atomic E-state index is -0.850. The van der Waals surface area contributed by atoms with Gasteiger partial charge < -0.3 is 20.5 Å². The van der Waals surface area contributed by atoms with Gasteiger partial charge in [-0.2, -0.15) is 0 Å². The summed E-state index contributed by atoms with van der Waals surface area (Å²) >= 11 is 0. The van der Waals surface area contributed by atoms with Gasteiger partial charge in [-0.3, -0.25) is 0 Å². The maximum atomic E-state index is 12.2. The van der Waals surface area contributed by atoms with E-state index in [1.54, 1.807) is 4.90 Å². The van der Waals surface area contributed by atoms with Crippen LogP contribution in [0, 0.1) is 0 Å². The summed E-state index contributed by atoms with van der Waals surface area (Å²) < 4.78 is 5.38. The Morgan fingerprint density at radius 2 is 2.19 bits per heavy atom. The molecule has 116 valence electrons. The van der Waals surface area contributed by atoms with Crippen LogP contribution in [0.3, 0.4) is 0 Å². The lowest BCUT2D eigenvalue weighted by Gasteiger charge is -2.42. The van der Waals surface area contributed by atoms with Crippen LogP contribution in [0.1, 0.15) is 31.7 Å². The van der Waals surface area contributed by atoms with E-state index in [1.165, 1.54) is 0 Å². The number of amides is 1. The van der Waals surface area contributed by atoms with Crippen LogP contribution >= 0.6 is 0 Å². The van der Waals surface area contributed by atoms with Gasteiger partial charge in [0.2, 0.25) is 0 Å². The molecule has 0 spiro atoms. The molecule has 1 amide bonds. The molecule has 2 unspecified atom stereocenters. The highest BCUT2D eigenvalue weighted by Crippen LogP contribution is 2.28. The van der Waals surface area contributed by atoms with E-state index in [0.29, 0.717) is 19.4 Å². The summed E-state index contributed by atoms with van der Waals surface area (Å²) in [4.78, 5) is 13.9. The molecule has 1 aromatic rings. The molecule has 1 fully saturated rings. The number of likely N-dealkylation sites (tertiary alicyclic amines) is 1. The number of benzene rings is 1. The molecule has 5 nitrogen and oxygen atoms in total. The Morgan fingerprint density at radius 3 is 2.81 bits per heavy atom. The molecule has 0 radical (unpaired) electrons. The van der Waals surface area contributed by atoms with Crippen molar-refractivity contribution in [2.45, 2.75) is 44.4 Å². The third-order valence-corrected chi connectivity index (χ3v) is 4.17. The fourth-order valence-corrected chi connectivity index (χ4v) is 2.75. The molecular formula is C16H24N2O3. The van der Waals surface area contributed by atoms with E-state index in [1.807, 2.05) is 37.3 Å². The van der Waals surface area contributed by atoms with E-state index in [4.69, 9.17) is 10.5 Å². The Hall–Kier alpha value is -1.59. The van der Waals surface area contributed by atoms with Crippen molar-refractivity contribution in [3.63, 3.8) is 0 Å². The van der Waals surface area contributed by atoms with Gasteiger partial charge in [-0.1, -0.05) is 37.3 Å². The topological polar surface area (TPSA) is 75.8 Å². The van der Waals surface area contributed by atoms with Crippen LogP contribution in [0.5, 0.6) is 0 Å². The lowest BCUT2D eigenvalue weighted by Crippen LogP contribution is -2.55. The molecule has 1 saturated heterocycles. The molecule has 0 aromatic heterocycles. The second-order valence-corrected chi connectivity index (χ2v) is 5.68. The molecule has 21 heavy (non-hydrogen) atoms. The minimum Gasteiger partial charge on any atom is -0.445 e. The lowest BCUT2D eigenvalue weighted by molar-refractivity contribution is -0.0391. The molecule has 1 aromatic carbocycles. The van der Waals surface area contributed by atoms with Crippen molar-refractivity contribution >= 4 is 6.09 Å². The van der Waals surface area contributed by atoms with Gasteiger partial charge in [0.05, 0.1) is 5.60 Å². The quantitative estimate of drug-likeness (QED) is 0.888. The summed E-state index contributed by atoms with van der Waals surface area (Å²) in [5, 5.41) is 10.3. The smallest absolute Gasteiger partial charge is 0.410 e. The van der Waals surface area contributed by atoms with Crippen LogP contribution < -0.4 is 5.73 Å². The molecule has 1 aliphatic rings. The fraction of sp³-hybridized carbons (Fsp3) is 0.562. The average molecular weight is 292 g/mol. The van der Waals surface area contributed by atoms with Crippen LogP contribution in [0.25, 0.3) is 0 Å². The average Bonchev–Trinajstić information content (AvgIpc) is 2.53. The second kappa shape index (κ2) is 6.91. The van der Waals surface area contributed by atoms with E-state index >= 15 is 0 Å². The Balaban J connectivity index is 1.92. The number of nitrogens with zero attached hydrogens (tertiary/aromatic N) is 1. The Morgan fingerprint density at radius 1 is 1.48 bits per heavy atom. The number of piperidine rings is 1. The van der Waals surface area contributed by atoms with Gasteiger partial charge >= 0.3 is 6.09 Å². The SMILES string of the molecule is CCC1CC(O)(CN)CCN1C(=O)OCc1ccccc1. The number of aliphatic hydroxyl groups is 1. The number of carbonyl (C=O) groups is 1. The van der Waals surface area contributed by atoms with Crippen molar-refractivity contribution in [3.05, 3.63) is 35.9 Å². The van der Waals surface area contributed by atoms with Crippen LogP contribution in [-0.2, 0) is 11.3 Å². The van der Waals surface area contributed by atoms with Crippen molar-refractivity contribution in [3.8, 4) is 0 Å². The molecule has 0 saturated carbocycles. The van der Waals surface area contributed by atoms with Gasteiger partial charge in [-0.05, 0) is 24.8 Å². The largest absolute Gasteiger partial charge is 0.445 e. The zero-order chi connectivity index (χ0) is 15.3. The predicted molar refractivity (Wildman–Crippen MR) is 80.7 cm³/mol. The Bertz CT molecular complexity index is 466.